The Morgan fingerprint density at radius 3 is 2.61 bits per heavy atom. The lowest BCUT2D eigenvalue weighted by Gasteiger charge is -2.13. The summed E-state index contributed by atoms with van der Waals surface area (Å²) in [6, 6.07) is 13.1. The quantitative estimate of drug-likeness (QED) is 0.846. The number of aryl methyl sites for hydroxylation is 2. The number of sulfonamides is 1. The molecule has 2 aromatic carbocycles. The first-order chi connectivity index (χ1) is 11.0. The number of benzene rings is 2. The summed E-state index contributed by atoms with van der Waals surface area (Å²) in [6.45, 7) is 0.357. The van der Waals surface area contributed by atoms with Crippen LogP contribution in [0.5, 0.6) is 5.75 Å². The van der Waals surface area contributed by atoms with Crippen LogP contribution in [0.2, 0.25) is 0 Å². The van der Waals surface area contributed by atoms with Crippen molar-refractivity contribution in [3.63, 3.8) is 0 Å². The first-order valence-corrected chi connectivity index (χ1v) is 9.17. The van der Waals surface area contributed by atoms with Gasteiger partial charge in [0.05, 0.1) is 4.90 Å². The molecule has 1 aliphatic carbocycles. The molecule has 0 atom stereocenters. The summed E-state index contributed by atoms with van der Waals surface area (Å²) in [5.41, 5.74) is 3.62. The van der Waals surface area contributed by atoms with Gasteiger partial charge in [0, 0.05) is 14.1 Å². The van der Waals surface area contributed by atoms with Gasteiger partial charge < -0.3 is 4.74 Å². The van der Waals surface area contributed by atoms with Crippen molar-refractivity contribution >= 4 is 10.0 Å². The summed E-state index contributed by atoms with van der Waals surface area (Å²) in [6.07, 6.45) is 3.48. The molecule has 0 amide bonds. The Labute approximate surface area is 137 Å². The first-order valence-electron chi connectivity index (χ1n) is 7.73. The lowest BCUT2D eigenvalue weighted by Crippen LogP contribution is -2.22. The van der Waals surface area contributed by atoms with Crippen molar-refractivity contribution in [1.29, 1.82) is 0 Å². The Hall–Kier alpha value is -1.85. The highest BCUT2D eigenvalue weighted by Crippen LogP contribution is 2.26. The van der Waals surface area contributed by atoms with Gasteiger partial charge >= 0.3 is 0 Å². The Bertz CT molecular complexity index is 813. The monoisotopic (exact) mass is 331 g/mol. The number of nitrogens with zero attached hydrogens (tertiary/aromatic N) is 1. The van der Waals surface area contributed by atoms with E-state index in [1.54, 1.807) is 18.2 Å². The number of rotatable bonds is 5. The molecule has 0 unspecified atom stereocenters. The van der Waals surface area contributed by atoms with Gasteiger partial charge in [0.1, 0.15) is 12.4 Å². The molecule has 5 heteroatoms. The smallest absolute Gasteiger partial charge is 0.242 e. The van der Waals surface area contributed by atoms with Crippen molar-refractivity contribution < 1.29 is 13.2 Å². The average molecular weight is 331 g/mol. The van der Waals surface area contributed by atoms with Crippen LogP contribution in [0.1, 0.15) is 23.1 Å². The third kappa shape index (κ3) is 3.41. The minimum Gasteiger partial charge on any atom is -0.489 e. The van der Waals surface area contributed by atoms with E-state index in [-0.39, 0.29) is 4.90 Å². The molecule has 0 bridgehead atoms. The van der Waals surface area contributed by atoms with Crippen molar-refractivity contribution in [1.82, 2.24) is 4.31 Å². The SMILES string of the molecule is CN(C)S(=O)(=O)c1cccc(COc2ccc3c(c2)CCC3)c1. The van der Waals surface area contributed by atoms with Gasteiger partial charge in [0.2, 0.25) is 10.0 Å². The predicted octanol–water partition coefficient (Wildman–Crippen LogP) is 3.00. The van der Waals surface area contributed by atoms with Crippen molar-refractivity contribution in [2.75, 3.05) is 14.1 Å². The van der Waals surface area contributed by atoms with Crippen LogP contribution in [-0.4, -0.2) is 26.8 Å². The van der Waals surface area contributed by atoms with E-state index in [2.05, 4.69) is 12.1 Å². The number of hydrogen-bond acceptors (Lipinski definition) is 3. The van der Waals surface area contributed by atoms with Crippen molar-refractivity contribution in [3.05, 3.63) is 59.2 Å². The second-order valence-electron chi connectivity index (χ2n) is 6.01. The zero-order chi connectivity index (χ0) is 16.4. The Kier molecular flexibility index (Phi) is 4.41. The van der Waals surface area contributed by atoms with Gasteiger partial charge in [-0.05, 0) is 60.2 Å². The van der Waals surface area contributed by atoms with Gasteiger partial charge in [0.15, 0.2) is 0 Å². The molecule has 0 saturated heterocycles. The van der Waals surface area contributed by atoms with E-state index in [1.807, 2.05) is 12.1 Å². The molecule has 0 radical (unpaired) electrons. The zero-order valence-electron chi connectivity index (χ0n) is 13.5. The average Bonchev–Trinajstić information content (AvgIpc) is 3.00. The van der Waals surface area contributed by atoms with E-state index >= 15 is 0 Å². The number of hydrogen-bond donors (Lipinski definition) is 0. The fourth-order valence-corrected chi connectivity index (χ4v) is 3.78. The fraction of sp³-hybridized carbons (Fsp3) is 0.333. The summed E-state index contributed by atoms with van der Waals surface area (Å²) in [5.74, 6) is 0.839. The maximum Gasteiger partial charge on any atom is 0.242 e. The van der Waals surface area contributed by atoms with E-state index in [9.17, 15) is 8.42 Å². The maximum absolute atomic E-state index is 12.2. The number of fused-ring (bicyclic) bond motifs is 1. The molecule has 4 nitrogen and oxygen atoms in total. The third-order valence-corrected chi connectivity index (χ3v) is 5.96. The lowest BCUT2D eigenvalue weighted by atomic mass is 10.1. The van der Waals surface area contributed by atoms with Gasteiger partial charge in [-0.3, -0.25) is 0 Å². The maximum atomic E-state index is 12.2. The van der Waals surface area contributed by atoms with E-state index in [0.29, 0.717) is 6.61 Å². The molecule has 2 aromatic rings. The second-order valence-corrected chi connectivity index (χ2v) is 8.16. The Morgan fingerprint density at radius 1 is 1.04 bits per heavy atom. The van der Waals surface area contributed by atoms with Crippen LogP contribution >= 0.6 is 0 Å². The molecule has 23 heavy (non-hydrogen) atoms. The second kappa shape index (κ2) is 6.34. The molecule has 0 aromatic heterocycles. The normalized spacial score (nSPS) is 14.0. The summed E-state index contributed by atoms with van der Waals surface area (Å²) in [5, 5.41) is 0. The standard InChI is InChI=1S/C18H21NO3S/c1-19(2)23(20,21)18-8-3-5-14(11-18)13-22-17-10-9-15-6-4-7-16(15)12-17/h3,5,8-12H,4,6-7,13H2,1-2H3. The minimum absolute atomic E-state index is 0.289. The van der Waals surface area contributed by atoms with E-state index < -0.39 is 10.0 Å². The van der Waals surface area contributed by atoms with E-state index in [1.165, 1.54) is 35.9 Å². The summed E-state index contributed by atoms with van der Waals surface area (Å²) in [7, 11) is -0.351. The van der Waals surface area contributed by atoms with Crippen molar-refractivity contribution in [2.45, 2.75) is 30.8 Å². The largest absolute Gasteiger partial charge is 0.489 e. The van der Waals surface area contributed by atoms with Crippen LogP contribution in [0, 0.1) is 0 Å². The minimum atomic E-state index is -3.41. The van der Waals surface area contributed by atoms with Gasteiger partial charge in [0.25, 0.3) is 0 Å². The molecule has 0 fully saturated rings. The van der Waals surface area contributed by atoms with E-state index in [0.717, 1.165) is 24.2 Å². The Balaban J connectivity index is 1.74. The van der Waals surface area contributed by atoms with Crippen LogP contribution in [0.4, 0.5) is 0 Å². The molecular formula is C18H21NO3S. The number of ether oxygens (including phenoxy) is 1. The first kappa shape index (κ1) is 16.0. The predicted molar refractivity (Wildman–Crippen MR) is 90.1 cm³/mol. The van der Waals surface area contributed by atoms with Gasteiger partial charge in [-0.2, -0.15) is 0 Å². The van der Waals surface area contributed by atoms with Gasteiger partial charge in [-0.15, -0.1) is 0 Å². The van der Waals surface area contributed by atoms with Crippen LogP contribution in [-0.2, 0) is 29.5 Å². The Morgan fingerprint density at radius 2 is 1.83 bits per heavy atom. The van der Waals surface area contributed by atoms with Crippen LogP contribution in [0.15, 0.2) is 47.4 Å². The summed E-state index contributed by atoms with van der Waals surface area (Å²) < 4.78 is 31.4. The molecule has 0 saturated carbocycles. The molecule has 0 heterocycles. The van der Waals surface area contributed by atoms with Crippen molar-refractivity contribution in [3.8, 4) is 5.75 Å². The lowest BCUT2D eigenvalue weighted by molar-refractivity contribution is 0.305. The van der Waals surface area contributed by atoms with Crippen LogP contribution in [0.25, 0.3) is 0 Å². The fourth-order valence-electron chi connectivity index (χ4n) is 2.81. The molecule has 0 N–H and O–H groups in total. The van der Waals surface area contributed by atoms with E-state index in [4.69, 9.17) is 4.74 Å². The molecule has 0 aliphatic heterocycles. The highest BCUT2D eigenvalue weighted by molar-refractivity contribution is 7.89. The summed E-state index contributed by atoms with van der Waals surface area (Å²) in [4.78, 5) is 0.289. The molecule has 3 rings (SSSR count). The highest BCUT2D eigenvalue weighted by atomic mass is 32.2. The van der Waals surface area contributed by atoms with Crippen LogP contribution in [0.3, 0.4) is 0 Å². The van der Waals surface area contributed by atoms with Crippen LogP contribution < -0.4 is 4.74 Å². The molecule has 1 aliphatic rings. The highest BCUT2D eigenvalue weighted by Gasteiger charge is 2.17. The van der Waals surface area contributed by atoms with Crippen molar-refractivity contribution in [2.24, 2.45) is 0 Å². The zero-order valence-corrected chi connectivity index (χ0v) is 14.3. The molecule has 0 spiro atoms. The molecular weight excluding hydrogens is 310 g/mol. The third-order valence-electron chi connectivity index (χ3n) is 4.15. The topological polar surface area (TPSA) is 46.6 Å². The summed E-state index contributed by atoms with van der Waals surface area (Å²) >= 11 is 0. The van der Waals surface area contributed by atoms with Gasteiger partial charge in [-0.25, -0.2) is 12.7 Å². The molecule has 122 valence electrons. The van der Waals surface area contributed by atoms with Gasteiger partial charge in [-0.1, -0.05) is 18.2 Å².